The van der Waals surface area contributed by atoms with Gasteiger partial charge in [0, 0.05) is 18.4 Å². The molecule has 1 saturated heterocycles. The fourth-order valence-electron chi connectivity index (χ4n) is 9.02. The van der Waals surface area contributed by atoms with Crippen molar-refractivity contribution in [2.45, 2.75) is 137 Å². The van der Waals surface area contributed by atoms with Gasteiger partial charge in [0.25, 0.3) is 0 Å². The monoisotopic (exact) mass is 640 g/mol. The minimum Gasteiger partial charge on any atom is -0.504 e. The third-order valence-electron chi connectivity index (χ3n) is 13.2. The van der Waals surface area contributed by atoms with Gasteiger partial charge in [-0.1, -0.05) is 66.9 Å². The predicted molar refractivity (Wildman–Crippen MR) is 175 cm³/mol. The summed E-state index contributed by atoms with van der Waals surface area (Å²) in [6, 6.07) is 2.54. The van der Waals surface area contributed by atoms with Crippen LogP contribution in [0.15, 0.2) is 18.2 Å². The van der Waals surface area contributed by atoms with Crippen molar-refractivity contribution in [3.05, 3.63) is 23.8 Å². The lowest BCUT2D eigenvalue weighted by atomic mass is 9.66. The van der Waals surface area contributed by atoms with Crippen LogP contribution in [0.1, 0.15) is 112 Å². The van der Waals surface area contributed by atoms with Gasteiger partial charge in [-0.3, -0.25) is 9.59 Å². The lowest BCUT2D eigenvalue weighted by molar-refractivity contribution is -0.162. The number of nitrogens with zero attached hydrogens (tertiary/aromatic N) is 1. The van der Waals surface area contributed by atoms with Gasteiger partial charge < -0.3 is 30.3 Å². The van der Waals surface area contributed by atoms with Crippen molar-refractivity contribution in [1.82, 2.24) is 10.2 Å². The first kappa shape index (κ1) is 34.5. The van der Waals surface area contributed by atoms with Gasteiger partial charge in [0.2, 0.25) is 11.8 Å². The van der Waals surface area contributed by atoms with Gasteiger partial charge in [-0.2, -0.15) is 0 Å². The Bertz CT molecular complexity index is 1340. The van der Waals surface area contributed by atoms with Crippen LogP contribution in [0.2, 0.25) is 0 Å². The molecule has 0 radical (unpaired) electrons. The van der Waals surface area contributed by atoms with E-state index in [-0.39, 0.29) is 58.1 Å². The number of hydrogen-bond donors (Lipinski definition) is 4. The number of fused-ring (bicyclic) bond motifs is 1. The van der Waals surface area contributed by atoms with Crippen LogP contribution in [0.4, 0.5) is 0 Å². The van der Waals surface area contributed by atoms with Gasteiger partial charge in [-0.25, -0.2) is 4.79 Å². The Balaban J connectivity index is 1.31. The zero-order valence-electron chi connectivity index (χ0n) is 28.9. The zero-order valence-corrected chi connectivity index (χ0v) is 28.9. The van der Waals surface area contributed by atoms with Gasteiger partial charge in [-0.15, -0.1) is 0 Å². The van der Waals surface area contributed by atoms with Crippen molar-refractivity contribution in [1.29, 1.82) is 0 Å². The van der Waals surface area contributed by atoms with E-state index in [0.717, 1.165) is 57.8 Å². The molecule has 46 heavy (non-hydrogen) atoms. The Hall–Kier alpha value is -2.81. The van der Waals surface area contributed by atoms with E-state index in [1.807, 2.05) is 6.92 Å². The molecule has 4 aliphatic rings. The molecule has 5 rings (SSSR count). The number of aliphatic hydroxyl groups is 1. The SMILES string of the molecule is CC(CC1CCC(C)(C)C1(C)C)OC(=O)C1N(C(=O)C(NC(=O)C(O)Cc2ccc(O)c(O)c2)C2CCCCC2)CC2(C)CC12C. The zero-order chi connectivity index (χ0) is 33.8. The normalized spacial score (nSPS) is 31.9. The summed E-state index contributed by atoms with van der Waals surface area (Å²) in [6.07, 6.45) is 6.57. The maximum absolute atomic E-state index is 14.5. The summed E-state index contributed by atoms with van der Waals surface area (Å²) in [5.74, 6) is -1.60. The number of phenolic OH excluding ortho intramolecular Hbond substituents is 2. The molecule has 1 aliphatic heterocycles. The summed E-state index contributed by atoms with van der Waals surface area (Å²) in [5.41, 5.74) is 0.227. The minimum absolute atomic E-state index is 0.0903. The fraction of sp³-hybridized carbons (Fsp3) is 0.757. The van der Waals surface area contributed by atoms with Crippen molar-refractivity contribution in [3.8, 4) is 11.5 Å². The van der Waals surface area contributed by atoms with Crippen LogP contribution in [0.5, 0.6) is 11.5 Å². The number of likely N-dealkylation sites (tertiary alicyclic amines) is 1. The van der Waals surface area contributed by atoms with E-state index < -0.39 is 29.5 Å². The number of aliphatic hydroxyl groups excluding tert-OH is 1. The van der Waals surface area contributed by atoms with Crippen molar-refractivity contribution >= 4 is 17.8 Å². The molecule has 0 aromatic heterocycles. The first-order valence-electron chi connectivity index (χ1n) is 17.4. The van der Waals surface area contributed by atoms with Crippen LogP contribution >= 0.6 is 0 Å². The van der Waals surface area contributed by atoms with Gasteiger partial charge in [0.1, 0.15) is 18.2 Å². The maximum atomic E-state index is 14.5. The van der Waals surface area contributed by atoms with Gasteiger partial charge in [-0.05, 0) is 91.2 Å². The summed E-state index contributed by atoms with van der Waals surface area (Å²) in [7, 11) is 0. The Kier molecular flexibility index (Phi) is 9.25. The molecule has 7 atom stereocenters. The fourth-order valence-corrected chi connectivity index (χ4v) is 9.02. The number of carbonyl (C=O) groups excluding carboxylic acids is 3. The summed E-state index contributed by atoms with van der Waals surface area (Å²) in [5, 5.41) is 33.2. The van der Waals surface area contributed by atoms with Crippen LogP contribution in [0.3, 0.4) is 0 Å². The molecule has 3 saturated carbocycles. The van der Waals surface area contributed by atoms with E-state index >= 15 is 0 Å². The molecular formula is C37H56N2O7. The van der Waals surface area contributed by atoms with E-state index in [2.05, 4.69) is 46.9 Å². The summed E-state index contributed by atoms with van der Waals surface area (Å²) in [4.78, 5) is 43.5. The molecule has 3 aliphatic carbocycles. The molecule has 0 spiro atoms. The Morgan fingerprint density at radius 3 is 2.28 bits per heavy atom. The summed E-state index contributed by atoms with van der Waals surface area (Å²) in [6.45, 7) is 15.9. The number of ether oxygens (including phenoxy) is 1. The number of hydrogen-bond acceptors (Lipinski definition) is 7. The highest BCUT2D eigenvalue weighted by Gasteiger charge is 2.74. The molecule has 4 N–H and O–H groups in total. The number of carbonyl (C=O) groups is 3. The second-order valence-corrected chi connectivity index (χ2v) is 16.8. The Morgan fingerprint density at radius 1 is 1.00 bits per heavy atom. The smallest absolute Gasteiger partial charge is 0.329 e. The van der Waals surface area contributed by atoms with Gasteiger partial charge >= 0.3 is 5.97 Å². The second-order valence-electron chi connectivity index (χ2n) is 16.8. The van der Waals surface area contributed by atoms with Crippen LogP contribution in [0, 0.1) is 33.5 Å². The predicted octanol–water partition coefficient (Wildman–Crippen LogP) is 5.48. The molecule has 9 heteroatoms. The molecule has 2 amide bonds. The number of phenols is 2. The maximum Gasteiger partial charge on any atom is 0.329 e. The average Bonchev–Trinajstić information content (AvgIpc) is 3.35. The third-order valence-corrected chi connectivity index (χ3v) is 13.2. The lowest BCUT2D eigenvalue weighted by Crippen LogP contribution is -2.58. The number of amides is 2. The van der Waals surface area contributed by atoms with Crippen molar-refractivity contribution < 1.29 is 34.4 Å². The summed E-state index contributed by atoms with van der Waals surface area (Å²) >= 11 is 0. The van der Waals surface area contributed by atoms with Gasteiger partial charge in [0.05, 0.1) is 6.10 Å². The van der Waals surface area contributed by atoms with Crippen LogP contribution in [-0.4, -0.2) is 68.8 Å². The minimum atomic E-state index is -1.46. The largest absolute Gasteiger partial charge is 0.504 e. The molecule has 4 fully saturated rings. The quantitative estimate of drug-likeness (QED) is 0.197. The topological polar surface area (TPSA) is 136 Å². The number of piperidine rings is 1. The highest BCUT2D eigenvalue weighted by Crippen LogP contribution is 2.71. The number of rotatable bonds is 10. The Labute approximate surface area is 274 Å². The number of benzene rings is 1. The van der Waals surface area contributed by atoms with Crippen LogP contribution < -0.4 is 5.32 Å². The van der Waals surface area contributed by atoms with Gasteiger partial charge in [0.15, 0.2) is 11.5 Å². The molecule has 0 bridgehead atoms. The molecular weight excluding hydrogens is 584 g/mol. The van der Waals surface area contributed by atoms with Crippen LogP contribution in [-0.2, 0) is 25.5 Å². The van der Waals surface area contributed by atoms with E-state index in [1.54, 1.807) is 4.90 Å². The van der Waals surface area contributed by atoms with Crippen molar-refractivity contribution in [3.63, 3.8) is 0 Å². The number of nitrogens with one attached hydrogen (secondary N) is 1. The molecule has 1 aromatic carbocycles. The molecule has 256 valence electrons. The highest BCUT2D eigenvalue weighted by atomic mass is 16.5. The first-order chi connectivity index (χ1) is 21.4. The standard InChI is InChI=1S/C37H56N2O7/c1-22(17-25-15-16-34(2,3)35(25,4)5)46-33(45)30-37(7)20-36(37,6)21-39(30)32(44)29(24-11-9-8-10-12-24)38-31(43)28(42)19-23-13-14-26(40)27(41)18-23/h13-14,18,22,24-25,28-30,40-42H,8-12,15-17,19-21H2,1-7H3,(H,38,43). The number of aromatic hydroxyl groups is 2. The van der Waals surface area contributed by atoms with E-state index in [4.69, 9.17) is 4.74 Å². The third kappa shape index (κ3) is 6.25. The highest BCUT2D eigenvalue weighted by molar-refractivity contribution is 5.93. The Morgan fingerprint density at radius 2 is 1.67 bits per heavy atom. The molecule has 9 nitrogen and oxygen atoms in total. The van der Waals surface area contributed by atoms with E-state index in [9.17, 15) is 29.7 Å². The lowest BCUT2D eigenvalue weighted by Gasteiger charge is -2.40. The van der Waals surface area contributed by atoms with Crippen molar-refractivity contribution in [2.75, 3.05) is 6.54 Å². The number of esters is 1. The second kappa shape index (κ2) is 12.3. The van der Waals surface area contributed by atoms with E-state index in [1.165, 1.54) is 18.2 Å². The molecule has 1 heterocycles. The van der Waals surface area contributed by atoms with Crippen LogP contribution in [0.25, 0.3) is 0 Å². The first-order valence-corrected chi connectivity index (χ1v) is 17.4. The summed E-state index contributed by atoms with van der Waals surface area (Å²) < 4.78 is 6.18. The molecule has 7 unspecified atom stereocenters. The average molecular weight is 641 g/mol. The van der Waals surface area contributed by atoms with Crippen molar-refractivity contribution in [2.24, 2.45) is 33.5 Å². The molecule has 1 aromatic rings. The van der Waals surface area contributed by atoms with E-state index in [0.29, 0.717) is 18.0 Å².